The number of hydrogen-bond acceptors (Lipinski definition) is 1. The highest BCUT2D eigenvalue weighted by atomic mass is 79.9. The fourth-order valence-corrected chi connectivity index (χ4v) is 2.26. The van der Waals surface area contributed by atoms with Gasteiger partial charge in [-0.05, 0) is 29.8 Å². The smallest absolute Gasteiger partial charge is 0.255 e. The van der Waals surface area contributed by atoms with E-state index in [0.717, 1.165) is 5.56 Å². The van der Waals surface area contributed by atoms with Gasteiger partial charge in [0.2, 0.25) is 0 Å². The van der Waals surface area contributed by atoms with E-state index in [0.29, 0.717) is 16.6 Å². The molecule has 2 aromatic rings. The number of nitrogens with one attached hydrogen (secondary N) is 1. The molecule has 98 valence electrons. The van der Waals surface area contributed by atoms with Crippen molar-refractivity contribution in [1.82, 2.24) is 0 Å². The van der Waals surface area contributed by atoms with Crippen molar-refractivity contribution in [3.05, 3.63) is 64.4 Å². The average Bonchev–Trinajstić information content (AvgIpc) is 2.42. The summed E-state index contributed by atoms with van der Waals surface area (Å²) >= 11 is 9.01. The van der Waals surface area contributed by atoms with E-state index in [1.54, 1.807) is 6.07 Å². The molecular weight excluding hydrogens is 333 g/mol. The molecule has 1 amide bonds. The second kappa shape index (κ2) is 6.17. The van der Waals surface area contributed by atoms with Gasteiger partial charge in [0.1, 0.15) is 5.82 Å². The monoisotopic (exact) mass is 341 g/mol. The van der Waals surface area contributed by atoms with E-state index in [2.05, 4.69) is 21.2 Å². The van der Waals surface area contributed by atoms with Crippen LogP contribution in [-0.2, 0) is 5.33 Å². The van der Waals surface area contributed by atoms with Crippen LogP contribution in [-0.4, -0.2) is 5.91 Å². The van der Waals surface area contributed by atoms with Crippen molar-refractivity contribution in [2.45, 2.75) is 5.33 Å². The number of anilines is 1. The highest BCUT2D eigenvalue weighted by molar-refractivity contribution is 9.08. The molecule has 0 aliphatic carbocycles. The first-order chi connectivity index (χ1) is 9.11. The van der Waals surface area contributed by atoms with Crippen molar-refractivity contribution in [2.24, 2.45) is 0 Å². The molecule has 0 aliphatic rings. The minimum atomic E-state index is -0.543. The van der Waals surface area contributed by atoms with Gasteiger partial charge in [0.15, 0.2) is 0 Å². The molecule has 0 heterocycles. The van der Waals surface area contributed by atoms with Crippen molar-refractivity contribution in [3.8, 4) is 0 Å². The number of benzene rings is 2. The summed E-state index contributed by atoms with van der Waals surface area (Å²) in [6, 6.07) is 11.3. The standard InChI is InChI=1S/C14H10BrClFNO/c15-8-10-3-1-2-4-13(10)18-14(19)9-5-6-12(17)11(16)7-9/h1-7H,8H2,(H,18,19). The number of carbonyl (C=O) groups excluding carboxylic acids is 1. The third-order valence-corrected chi connectivity index (χ3v) is 3.49. The Morgan fingerprint density at radius 2 is 2.00 bits per heavy atom. The van der Waals surface area contributed by atoms with Gasteiger partial charge in [-0.25, -0.2) is 4.39 Å². The zero-order chi connectivity index (χ0) is 13.8. The molecule has 0 unspecified atom stereocenters. The number of rotatable bonds is 3. The fraction of sp³-hybridized carbons (Fsp3) is 0.0714. The Labute approximate surface area is 123 Å². The van der Waals surface area contributed by atoms with E-state index in [9.17, 15) is 9.18 Å². The van der Waals surface area contributed by atoms with Gasteiger partial charge in [0.25, 0.3) is 5.91 Å². The maximum atomic E-state index is 13.0. The number of amides is 1. The van der Waals surface area contributed by atoms with Gasteiger partial charge < -0.3 is 5.32 Å². The molecule has 0 spiro atoms. The predicted molar refractivity (Wildman–Crippen MR) is 78.4 cm³/mol. The topological polar surface area (TPSA) is 29.1 Å². The molecule has 2 nitrogen and oxygen atoms in total. The van der Waals surface area contributed by atoms with Gasteiger partial charge in [-0.3, -0.25) is 4.79 Å². The summed E-state index contributed by atoms with van der Waals surface area (Å²) in [4.78, 5) is 12.0. The Bertz CT molecular complexity index is 618. The Morgan fingerprint density at radius 3 is 2.68 bits per heavy atom. The lowest BCUT2D eigenvalue weighted by Gasteiger charge is -2.09. The second-order valence-electron chi connectivity index (χ2n) is 3.87. The van der Waals surface area contributed by atoms with E-state index in [4.69, 9.17) is 11.6 Å². The van der Waals surface area contributed by atoms with Gasteiger partial charge in [-0.15, -0.1) is 0 Å². The van der Waals surface area contributed by atoms with Crippen LogP contribution < -0.4 is 5.32 Å². The Morgan fingerprint density at radius 1 is 1.26 bits per heavy atom. The summed E-state index contributed by atoms with van der Waals surface area (Å²) in [5.41, 5.74) is 1.99. The highest BCUT2D eigenvalue weighted by Crippen LogP contribution is 2.20. The normalized spacial score (nSPS) is 10.3. The first kappa shape index (κ1) is 14.0. The molecule has 0 atom stereocenters. The van der Waals surface area contributed by atoms with Crippen LogP contribution >= 0.6 is 27.5 Å². The van der Waals surface area contributed by atoms with Crippen LogP contribution in [0.5, 0.6) is 0 Å². The maximum Gasteiger partial charge on any atom is 0.255 e. The maximum absolute atomic E-state index is 13.0. The van der Waals surface area contributed by atoms with E-state index in [1.807, 2.05) is 18.2 Å². The third kappa shape index (κ3) is 3.33. The molecule has 0 radical (unpaired) electrons. The molecule has 2 aromatic carbocycles. The molecule has 1 N–H and O–H groups in total. The first-order valence-electron chi connectivity index (χ1n) is 5.52. The largest absolute Gasteiger partial charge is 0.322 e. The van der Waals surface area contributed by atoms with Gasteiger partial charge in [0, 0.05) is 16.6 Å². The fourth-order valence-electron chi connectivity index (χ4n) is 1.59. The molecule has 0 bridgehead atoms. The van der Waals surface area contributed by atoms with Crippen molar-refractivity contribution in [3.63, 3.8) is 0 Å². The average molecular weight is 343 g/mol. The van der Waals surface area contributed by atoms with Crippen LogP contribution in [0.4, 0.5) is 10.1 Å². The van der Waals surface area contributed by atoms with Crippen LogP contribution in [0.2, 0.25) is 5.02 Å². The van der Waals surface area contributed by atoms with Crippen molar-refractivity contribution >= 4 is 39.1 Å². The number of halogens is 3. The molecule has 5 heteroatoms. The van der Waals surface area contributed by atoms with Gasteiger partial charge in [0.05, 0.1) is 5.02 Å². The lowest BCUT2D eigenvalue weighted by atomic mass is 10.1. The van der Waals surface area contributed by atoms with E-state index >= 15 is 0 Å². The molecule has 2 rings (SSSR count). The number of carbonyl (C=O) groups is 1. The zero-order valence-corrected chi connectivity index (χ0v) is 12.1. The number of hydrogen-bond donors (Lipinski definition) is 1. The summed E-state index contributed by atoms with van der Waals surface area (Å²) in [6.45, 7) is 0. The second-order valence-corrected chi connectivity index (χ2v) is 4.84. The Hall–Kier alpha value is -1.39. The molecule has 0 aromatic heterocycles. The van der Waals surface area contributed by atoms with Crippen LogP contribution in [0.1, 0.15) is 15.9 Å². The van der Waals surface area contributed by atoms with Crippen LogP contribution in [0.25, 0.3) is 0 Å². The van der Waals surface area contributed by atoms with Crippen LogP contribution in [0.3, 0.4) is 0 Å². The molecular formula is C14H10BrClFNO. The van der Waals surface area contributed by atoms with Gasteiger partial charge in [-0.2, -0.15) is 0 Å². The molecule has 0 saturated heterocycles. The van der Waals surface area contributed by atoms with Gasteiger partial charge in [-0.1, -0.05) is 45.7 Å². The summed E-state index contributed by atoms with van der Waals surface area (Å²) in [5.74, 6) is -0.866. The highest BCUT2D eigenvalue weighted by Gasteiger charge is 2.10. The summed E-state index contributed by atoms with van der Waals surface area (Å²) in [5, 5.41) is 3.34. The summed E-state index contributed by atoms with van der Waals surface area (Å²) in [7, 11) is 0. The Balaban J connectivity index is 2.23. The first-order valence-corrected chi connectivity index (χ1v) is 7.02. The lowest BCUT2D eigenvalue weighted by molar-refractivity contribution is 0.102. The quantitative estimate of drug-likeness (QED) is 0.810. The third-order valence-electron chi connectivity index (χ3n) is 2.59. The van der Waals surface area contributed by atoms with Crippen molar-refractivity contribution in [1.29, 1.82) is 0 Å². The zero-order valence-electron chi connectivity index (χ0n) is 9.79. The van der Waals surface area contributed by atoms with E-state index in [-0.39, 0.29) is 10.9 Å². The molecule has 19 heavy (non-hydrogen) atoms. The number of para-hydroxylation sites is 1. The summed E-state index contributed by atoms with van der Waals surface area (Å²) in [6.07, 6.45) is 0. The molecule has 0 fully saturated rings. The van der Waals surface area contributed by atoms with Crippen molar-refractivity contribution in [2.75, 3.05) is 5.32 Å². The van der Waals surface area contributed by atoms with Crippen LogP contribution in [0, 0.1) is 5.82 Å². The van der Waals surface area contributed by atoms with E-state index < -0.39 is 5.82 Å². The lowest BCUT2D eigenvalue weighted by Crippen LogP contribution is -2.13. The SMILES string of the molecule is O=C(Nc1ccccc1CBr)c1ccc(F)c(Cl)c1. The Kier molecular flexibility index (Phi) is 4.56. The molecule has 0 aliphatic heterocycles. The minimum absolute atomic E-state index is 0.0681. The van der Waals surface area contributed by atoms with Crippen LogP contribution in [0.15, 0.2) is 42.5 Å². The molecule has 0 saturated carbocycles. The minimum Gasteiger partial charge on any atom is -0.322 e. The van der Waals surface area contributed by atoms with Crippen molar-refractivity contribution < 1.29 is 9.18 Å². The predicted octanol–water partition coefficient (Wildman–Crippen LogP) is 4.63. The summed E-state index contributed by atoms with van der Waals surface area (Å²) < 4.78 is 13.0. The number of alkyl halides is 1. The van der Waals surface area contributed by atoms with E-state index in [1.165, 1.54) is 18.2 Å². The van der Waals surface area contributed by atoms with Gasteiger partial charge >= 0.3 is 0 Å².